The van der Waals surface area contributed by atoms with Crippen LogP contribution in [0.3, 0.4) is 0 Å². The third kappa shape index (κ3) is 3.65. The Bertz CT molecular complexity index is 769. The van der Waals surface area contributed by atoms with Gasteiger partial charge in [0.2, 0.25) is 0 Å². The number of rotatable bonds is 6. The van der Waals surface area contributed by atoms with Crippen molar-refractivity contribution in [2.24, 2.45) is 7.05 Å². The Morgan fingerprint density at radius 1 is 1.39 bits per heavy atom. The van der Waals surface area contributed by atoms with Crippen LogP contribution in [0.5, 0.6) is 0 Å². The van der Waals surface area contributed by atoms with E-state index in [9.17, 15) is 4.79 Å². The van der Waals surface area contributed by atoms with Crippen molar-refractivity contribution >= 4 is 16.8 Å². The van der Waals surface area contributed by atoms with Crippen LogP contribution >= 0.6 is 0 Å². The molecule has 0 atom stereocenters. The highest BCUT2D eigenvalue weighted by atomic mass is 16.5. The van der Waals surface area contributed by atoms with Crippen LogP contribution in [0.2, 0.25) is 0 Å². The first-order valence-corrected chi connectivity index (χ1v) is 7.77. The van der Waals surface area contributed by atoms with Gasteiger partial charge in [-0.2, -0.15) is 0 Å². The molecule has 0 saturated heterocycles. The SMILES string of the molecule is C=C(/C=C/CNC(=O)c1c(C)n(C)c2ccc(C)cc12)OCC. The second-order valence-electron chi connectivity index (χ2n) is 5.55. The second-order valence-corrected chi connectivity index (χ2v) is 5.55. The normalized spacial score (nSPS) is 11.1. The Morgan fingerprint density at radius 3 is 2.83 bits per heavy atom. The van der Waals surface area contributed by atoms with E-state index in [0.29, 0.717) is 18.9 Å². The van der Waals surface area contributed by atoms with Gasteiger partial charge in [-0.1, -0.05) is 24.3 Å². The zero-order valence-corrected chi connectivity index (χ0v) is 14.3. The first-order valence-electron chi connectivity index (χ1n) is 7.77. The quantitative estimate of drug-likeness (QED) is 0.654. The maximum atomic E-state index is 12.6. The van der Waals surface area contributed by atoms with Gasteiger partial charge in [0.15, 0.2) is 0 Å². The smallest absolute Gasteiger partial charge is 0.253 e. The molecule has 1 aromatic carbocycles. The number of amides is 1. The van der Waals surface area contributed by atoms with Gasteiger partial charge in [-0.3, -0.25) is 4.79 Å². The molecule has 1 heterocycles. The fourth-order valence-corrected chi connectivity index (χ4v) is 2.64. The molecular formula is C19H24N2O2. The number of aryl methyl sites for hydroxylation is 2. The van der Waals surface area contributed by atoms with Gasteiger partial charge >= 0.3 is 0 Å². The lowest BCUT2D eigenvalue weighted by Gasteiger charge is -2.04. The summed E-state index contributed by atoms with van der Waals surface area (Å²) in [5.74, 6) is 0.532. The molecule has 1 amide bonds. The molecule has 23 heavy (non-hydrogen) atoms. The van der Waals surface area contributed by atoms with E-state index < -0.39 is 0 Å². The van der Waals surface area contributed by atoms with Gasteiger partial charge in [-0.25, -0.2) is 0 Å². The standard InChI is InChI=1S/C19H24N2O2/c1-6-23-14(3)8-7-11-20-19(22)18-15(4)21(5)17-10-9-13(2)12-16(17)18/h7-10,12H,3,6,11H2,1-2,4-5H3,(H,20,22)/b8-7+. The number of allylic oxidation sites excluding steroid dienone is 1. The summed E-state index contributed by atoms with van der Waals surface area (Å²) in [7, 11) is 1.98. The summed E-state index contributed by atoms with van der Waals surface area (Å²) < 4.78 is 7.28. The van der Waals surface area contributed by atoms with E-state index in [0.717, 1.165) is 27.7 Å². The highest BCUT2D eigenvalue weighted by molar-refractivity contribution is 6.08. The molecule has 1 N–H and O–H groups in total. The number of nitrogens with one attached hydrogen (secondary N) is 1. The molecule has 2 aromatic rings. The molecular weight excluding hydrogens is 288 g/mol. The molecule has 1 aromatic heterocycles. The molecule has 0 radical (unpaired) electrons. The van der Waals surface area contributed by atoms with E-state index in [4.69, 9.17) is 4.74 Å². The van der Waals surface area contributed by atoms with Crippen molar-refractivity contribution < 1.29 is 9.53 Å². The maximum Gasteiger partial charge on any atom is 0.253 e. The number of benzene rings is 1. The maximum absolute atomic E-state index is 12.6. The number of fused-ring (bicyclic) bond motifs is 1. The van der Waals surface area contributed by atoms with Gasteiger partial charge in [-0.15, -0.1) is 0 Å². The summed E-state index contributed by atoms with van der Waals surface area (Å²) in [5.41, 5.74) is 3.91. The van der Waals surface area contributed by atoms with Crippen LogP contribution in [0.25, 0.3) is 10.9 Å². The van der Waals surface area contributed by atoms with Crippen molar-refractivity contribution in [3.8, 4) is 0 Å². The summed E-state index contributed by atoms with van der Waals surface area (Å²) in [5, 5.41) is 3.92. The van der Waals surface area contributed by atoms with E-state index in [2.05, 4.69) is 34.7 Å². The zero-order valence-electron chi connectivity index (χ0n) is 14.3. The molecule has 0 fully saturated rings. The molecule has 122 valence electrons. The van der Waals surface area contributed by atoms with Crippen molar-refractivity contribution in [3.63, 3.8) is 0 Å². The highest BCUT2D eigenvalue weighted by Gasteiger charge is 2.17. The minimum Gasteiger partial charge on any atom is -0.495 e. The average molecular weight is 312 g/mol. The van der Waals surface area contributed by atoms with Crippen LogP contribution in [0.15, 0.2) is 42.7 Å². The number of hydrogen-bond donors (Lipinski definition) is 1. The number of ether oxygens (including phenoxy) is 1. The Labute approximate surface area is 137 Å². The van der Waals surface area contributed by atoms with E-state index in [-0.39, 0.29) is 5.91 Å². The minimum absolute atomic E-state index is 0.0645. The van der Waals surface area contributed by atoms with Gasteiger partial charge in [0.1, 0.15) is 5.76 Å². The van der Waals surface area contributed by atoms with Gasteiger partial charge < -0.3 is 14.6 Å². The summed E-state index contributed by atoms with van der Waals surface area (Å²) in [6.07, 6.45) is 3.60. The number of hydrogen-bond acceptors (Lipinski definition) is 2. The Hall–Kier alpha value is -2.49. The van der Waals surface area contributed by atoms with Gasteiger partial charge in [0.05, 0.1) is 12.2 Å². The highest BCUT2D eigenvalue weighted by Crippen LogP contribution is 2.25. The lowest BCUT2D eigenvalue weighted by Crippen LogP contribution is -2.24. The lowest BCUT2D eigenvalue weighted by molar-refractivity contribution is 0.0958. The van der Waals surface area contributed by atoms with Gasteiger partial charge in [0, 0.05) is 30.2 Å². The van der Waals surface area contributed by atoms with Gasteiger partial charge in [-0.05, 0) is 39.0 Å². The minimum atomic E-state index is -0.0645. The molecule has 4 heteroatoms. The van der Waals surface area contributed by atoms with Crippen LogP contribution in [-0.4, -0.2) is 23.6 Å². The monoisotopic (exact) mass is 312 g/mol. The largest absolute Gasteiger partial charge is 0.495 e. The van der Waals surface area contributed by atoms with Crippen molar-refractivity contribution in [2.75, 3.05) is 13.2 Å². The molecule has 0 bridgehead atoms. The second kappa shape index (κ2) is 7.18. The van der Waals surface area contributed by atoms with Crippen molar-refractivity contribution in [1.82, 2.24) is 9.88 Å². The predicted octanol–water partition coefficient (Wildman–Crippen LogP) is 3.63. The van der Waals surface area contributed by atoms with Gasteiger partial charge in [0.25, 0.3) is 5.91 Å². The Morgan fingerprint density at radius 2 is 2.13 bits per heavy atom. The molecule has 0 spiro atoms. The molecule has 2 rings (SSSR count). The van der Waals surface area contributed by atoms with Crippen LogP contribution in [-0.2, 0) is 11.8 Å². The predicted molar refractivity (Wildman–Crippen MR) is 94.6 cm³/mol. The first-order chi connectivity index (χ1) is 11.0. The number of nitrogens with zero attached hydrogens (tertiary/aromatic N) is 1. The molecule has 0 saturated carbocycles. The van der Waals surface area contributed by atoms with E-state index in [1.54, 1.807) is 6.08 Å². The lowest BCUT2D eigenvalue weighted by atomic mass is 10.1. The van der Waals surface area contributed by atoms with E-state index >= 15 is 0 Å². The molecule has 4 nitrogen and oxygen atoms in total. The summed E-state index contributed by atoms with van der Waals surface area (Å²) >= 11 is 0. The third-order valence-electron chi connectivity index (χ3n) is 3.89. The Kier molecular flexibility index (Phi) is 5.27. The Balaban J connectivity index is 2.17. The fraction of sp³-hybridized carbons (Fsp3) is 0.316. The zero-order chi connectivity index (χ0) is 17.0. The number of carbonyl (C=O) groups excluding carboxylic acids is 1. The number of carbonyl (C=O) groups is 1. The van der Waals surface area contributed by atoms with Crippen LogP contribution in [0.1, 0.15) is 28.5 Å². The number of aromatic nitrogens is 1. The summed E-state index contributed by atoms with van der Waals surface area (Å²) in [6, 6.07) is 6.18. The molecule has 0 unspecified atom stereocenters. The third-order valence-corrected chi connectivity index (χ3v) is 3.89. The molecule has 0 aliphatic heterocycles. The topological polar surface area (TPSA) is 43.3 Å². The van der Waals surface area contributed by atoms with Crippen LogP contribution in [0.4, 0.5) is 0 Å². The molecule has 0 aliphatic carbocycles. The summed E-state index contributed by atoms with van der Waals surface area (Å²) in [6.45, 7) is 10.7. The van der Waals surface area contributed by atoms with Crippen LogP contribution < -0.4 is 5.32 Å². The van der Waals surface area contributed by atoms with E-state index in [1.165, 1.54) is 0 Å². The van der Waals surface area contributed by atoms with Crippen molar-refractivity contribution in [3.05, 3.63) is 59.5 Å². The fourth-order valence-electron chi connectivity index (χ4n) is 2.64. The summed E-state index contributed by atoms with van der Waals surface area (Å²) in [4.78, 5) is 12.6. The average Bonchev–Trinajstić information content (AvgIpc) is 2.75. The van der Waals surface area contributed by atoms with Crippen LogP contribution in [0, 0.1) is 13.8 Å². The molecule has 0 aliphatic rings. The van der Waals surface area contributed by atoms with Crippen molar-refractivity contribution in [1.29, 1.82) is 0 Å². The van der Waals surface area contributed by atoms with E-state index in [1.807, 2.05) is 33.9 Å². The first kappa shape index (κ1) is 16.9. The van der Waals surface area contributed by atoms with Crippen molar-refractivity contribution in [2.45, 2.75) is 20.8 Å².